The molecule has 0 radical (unpaired) electrons. The lowest BCUT2D eigenvalue weighted by Gasteiger charge is -2.46. The normalized spacial score (nSPS) is 11.7. The molecule has 0 aromatic heterocycles. The van der Waals surface area contributed by atoms with E-state index in [0.717, 1.165) is 0 Å². The van der Waals surface area contributed by atoms with E-state index in [4.69, 9.17) is 0 Å². The maximum absolute atomic E-state index is 2.36. The van der Waals surface area contributed by atoms with Crippen LogP contribution in [-0.2, 0) is 0 Å². The molecule has 0 aliphatic rings. The number of quaternary nitrogens is 1. The Labute approximate surface area is 268 Å². The number of aryl methyl sites for hydroxylation is 3. The molecule has 3 rings (SSSR count). The maximum atomic E-state index is 2.36. The van der Waals surface area contributed by atoms with Crippen molar-refractivity contribution in [2.24, 2.45) is 0 Å². The molecule has 0 fully saturated rings. The highest BCUT2D eigenvalue weighted by Crippen LogP contribution is 2.21. The molecule has 1 nitrogen and oxygen atoms in total. The molecule has 238 valence electrons. The number of benzene rings is 3. The summed E-state index contributed by atoms with van der Waals surface area (Å²) in [4.78, 5) is 0. The number of nitrogens with zero attached hydrogens (tertiary/aromatic N) is 1. The topological polar surface area (TPSA) is 0 Å². The van der Waals surface area contributed by atoms with Crippen molar-refractivity contribution >= 4 is 22.5 Å². The van der Waals surface area contributed by atoms with Gasteiger partial charge in [-0.3, -0.25) is 0 Å². The van der Waals surface area contributed by atoms with E-state index in [0.29, 0.717) is 0 Å². The van der Waals surface area contributed by atoms with E-state index in [-0.39, 0.29) is 0 Å². The highest BCUT2D eigenvalue weighted by atomic mass is 15.3. The standard InChI is InChI=1S/C25H30B.C16H36N/c1-5-6-19-26(23-16-10-7-13-20(23)2,24-17-11-8-14-21(24)3)25-18-12-9-15-22(25)4;1-5-9-13-17(14-10-6-2,15-11-7-3)16-12-8-4/h7-18H,5-6,19H2,1-4H3;5-16H2,1-4H3/q-1;+1. The molecule has 0 saturated carbocycles. The van der Waals surface area contributed by atoms with E-state index in [2.05, 4.69) is 128 Å². The first-order valence-corrected chi connectivity index (χ1v) is 18.1. The van der Waals surface area contributed by atoms with Gasteiger partial charge in [-0.2, -0.15) is 22.7 Å². The molecule has 0 bridgehead atoms. The Morgan fingerprint density at radius 2 is 0.698 bits per heavy atom. The lowest BCUT2D eigenvalue weighted by molar-refractivity contribution is -0.929. The van der Waals surface area contributed by atoms with Crippen LogP contribution in [0, 0.1) is 20.8 Å². The van der Waals surface area contributed by atoms with E-state index >= 15 is 0 Å². The summed E-state index contributed by atoms with van der Waals surface area (Å²) in [6.45, 7) is 24.1. The van der Waals surface area contributed by atoms with Crippen molar-refractivity contribution in [1.82, 2.24) is 0 Å². The Bertz CT molecular complexity index is 1020. The fourth-order valence-corrected chi connectivity index (χ4v) is 7.54. The molecule has 0 saturated heterocycles. The second-order valence-corrected chi connectivity index (χ2v) is 13.4. The molecule has 0 unspecified atom stereocenters. The van der Waals surface area contributed by atoms with Crippen molar-refractivity contribution in [1.29, 1.82) is 0 Å². The molecule has 0 amide bonds. The summed E-state index contributed by atoms with van der Waals surface area (Å²) in [6.07, 6.45) is 13.7. The second-order valence-electron chi connectivity index (χ2n) is 13.4. The van der Waals surface area contributed by atoms with Gasteiger partial charge in [-0.1, -0.05) is 163 Å². The van der Waals surface area contributed by atoms with E-state index in [1.54, 1.807) is 0 Å². The fraction of sp³-hybridized carbons (Fsp3) is 0.561. The van der Waals surface area contributed by atoms with Crippen molar-refractivity contribution < 1.29 is 4.48 Å². The van der Waals surface area contributed by atoms with Crippen LogP contribution in [0.1, 0.15) is 116 Å². The van der Waals surface area contributed by atoms with Crippen LogP contribution in [-0.4, -0.2) is 36.8 Å². The molecule has 0 heterocycles. The van der Waals surface area contributed by atoms with Crippen molar-refractivity contribution in [3.8, 4) is 0 Å². The second kappa shape index (κ2) is 19.9. The first-order chi connectivity index (χ1) is 20.9. The predicted molar refractivity (Wildman–Crippen MR) is 197 cm³/mol. The summed E-state index contributed by atoms with van der Waals surface area (Å²) in [7, 11) is 0. The fourth-order valence-electron chi connectivity index (χ4n) is 7.54. The van der Waals surface area contributed by atoms with Crippen LogP contribution < -0.4 is 16.4 Å². The minimum Gasteiger partial charge on any atom is -0.324 e. The van der Waals surface area contributed by atoms with Gasteiger partial charge in [0.15, 0.2) is 0 Å². The van der Waals surface area contributed by atoms with Gasteiger partial charge in [0.05, 0.1) is 32.3 Å². The molecule has 3 aromatic carbocycles. The van der Waals surface area contributed by atoms with Gasteiger partial charge in [-0.25, -0.2) is 0 Å². The predicted octanol–water partition coefficient (Wildman–Crippen LogP) is 9.89. The van der Waals surface area contributed by atoms with Gasteiger partial charge in [0.1, 0.15) is 0 Å². The van der Waals surface area contributed by atoms with Gasteiger partial charge in [-0.05, 0) is 46.5 Å². The molecule has 0 atom stereocenters. The summed E-state index contributed by atoms with van der Waals surface area (Å²) >= 11 is 0. The molecule has 0 spiro atoms. The average molecular weight is 584 g/mol. The molecule has 0 N–H and O–H groups in total. The van der Waals surface area contributed by atoms with E-state index < -0.39 is 6.15 Å². The van der Waals surface area contributed by atoms with Crippen LogP contribution in [0.2, 0.25) is 6.32 Å². The van der Waals surface area contributed by atoms with E-state index in [9.17, 15) is 0 Å². The Hall–Kier alpha value is -2.32. The molecule has 3 aromatic rings. The van der Waals surface area contributed by atoms with Crippen LogP contribution >= 0.6 is 0 Å². The summed E-state index contributed by atoms with van der Waals surface area (Å²) in [5.41, 5.74) is 8.71. The molecule has 0 aliphatic heterocycles. The summed E-state index contributed by atoms with van der Waals surface area (Å²) in [5, 5.41) is 0. The zero-order chi connectivity index (χ0) is 31.6. The highest BCUT2D eigenvalue weighted by Gasteiger charge is 2.32. The van der Waals surface area contributed by atoms with Gasteiger partial charge in [0.25, 0.3) is 0 Å². The Kier molecular flexibility index (Phi) is 17.0. The van der Waals surface area contributed by atoms with Crippen LogP contribution in [0.15, 0.2) is 72.8 Å². The lowest BCUT2D eigenvalue weighted by Crippen LogP contribution is -2.68. The van der Waals surface area contributed by atoms with Gasteiger partial charge in [0, 0.05) is 0 Å². The molecular weight excluding hydrogens is 517 g/mol. The molecule has 0 aliphatic carbocycles. The third-order valence-electron chi connectivity index (χ3n) is 10.1. The van der Waals surface area contributed by atoms with E-state index in [1.807, 2.05) is 0 Å². The van der Waals surface area contributed by atoms with Gasteiger partial charge in [0.2, 0.25) is 0 Å². The number of rotatable bonds is 18. The third kappa shape index (κ3) is 10.4. The zero-order valence-electron chi connectivity index (χ0n) is 29.6. The Morgan fingerprint density at radius 1 is 0.419 bits per heavy atom. The summed E-state index contributed by atoms with van der Waals surface area (Å²) in [6, 6.07) is 27.0. The minimum atomic E-state index is -0.990. The van der Waals surface area contributed by atoms with Gasteiger partial charge < -0.3 is 4.48 Å². The first kappa shape index (κ1) is 36.9. The van der Waals surface area contributed by atoms with Crippen molar-refractivity contribution in [3.05, 3.63) is 89.5 Å². The lowest BCUT2D eigenvalue weighted by atomic mass is 9.13. The maximum Gasteiger partial charge on any atom is 0.0824 e. The zero-order valence-corrected chi connectivity index (χ0v) is 29.6. The molecule has 43 heavy (non-hydrogen) atoms. The van der Waals surface area contributed by atoms with Crippen LogP contribution in [0.25, 0.3) is 0 Å². The molecule has 2 heteroatoms. The Balaban J connectivity index is 0.000000332. The van der Waals surface area contributed by atoms with Crippen molar-refractivity contribution in [2.45, 2.75) is 126 Å². The van der Waals surface area contributed by atoms with E-state index in [1.165, 1.54) is 134 Å². The smallest absolute Gasteiger partial charge is 0.0824 e. The summed E-state index contributed by atoms with van der Waals surface area (Å²) < 4.78 is 1.42. The average Bonchev–Trinajstić information content (AvgIpc) is 3.03. The monoisotopic (exact) mass is 584 g/mol. The third-order valence-corrected chi connectivity index (χ3v) is 10.1. The van der Waals surface area contributed by atoms with Crippen LogP contribution in [0.4, 0.5) is 0 Å². The van der Waals surface area contributed by atoms with Crippen LogP contribution in [0.3, 0.4) is 0 Å². The van der Waals surface area contributed by atoms with Crippen molar-refractivity contribution in [3.63, 3.8) is 0 Å². The SMILES string of the molecule is CCCC[B-](c1ccccc1C)(c1ccccc1C)c1ccccc1C.CCCC[N+](CCCC)(CCCC)CCCC. The molecular formula is C41H66BN. The largest absolute Gasteiger partial charge is 0.324 e. The quantitative estimate of drug-likeness (QED) is 0.103. The van der Waals surface area contributed by atoms with Crippen LogP contribution in [0.5, 0.6) is 0 Å². The Morgan fingerprint density at radius 3 is 0.953 bits per heavy atom. The number of hydrogen-bond donors (Lipinski definition) is 0. The minimum absolute atomic E-state index is 0.990. The first-order valence-electron chi connectivity index (χ1n) is 18.1. The van der Waals surface area contributed by atoms with Crippen molar-refractivity contribution in [2.75, 3.05) is 26.2 Å². The van der Waals surface area contributed by atoms with Gasteiger partial charge >= 0.3 is 0 Å². The number of hydrogen-bond acceptors (Lipinski definition) is 0. The summed E-state index contributed by atoms with van der Waals surface area (Å²) in [5.74, 6) is 0. The van der Waals surface area contributed by atoms with Gasteiger partial charge in [-0.15, -0.1) is 0 Å². The number of unbranched alkanes of at least 4 members (excludes halogenated alkanes) is 5. The highest BCUT2D eigenvalue weighted by molar-refractivity contribution is 7.12.